The van der Waals surface area contributed by atoms with Crippen molar-refractivity contribution < 1.29 is 0 Å². The maximum Gasteiger partial charge on any atom is 0.179 e. The highest BCUT2D eigenvalue weighted by Gasteiger charge is 2.05. The minimum Gasteiger partial charge on any atom is -0.355 e. The largest absolute Gasteiger partial charge is 0.355 e. The van der Waals surface area contributed by atoms with Crippen LogP contribution in [0, 0.1) is 0 Å². The van der Waals surface area contributed by atoms with E-state index >= 15 is 0 Å². The summed E-state index contributed by atoms with van der Waals surface area (Å²) < 4.78 is 2.02. The van der Waals surface area contributed by atoms with Gasteiger partial charge in [0.1, 0.15) is 0 Å². The van der Waals surface area contributed by atoms with Gasteiger partial charge in [0.05, 0.1) is 5.52 Å². The zero-order valence-electron chi connectivity index (χ0n) is 8.27. The highest BCUT2D eigenvalue weighted by Crippen LogP contribution is 2.15. The number of hydrogen-bond acceptors (Lipinski definition) is 1. The lowest BCUT2D eigenvalue weighted by molar-refractivity contribution is 0.614. The molecule has 0 aliphatic rings. The Bertz CT molecular complexity index is 471. The van der Waals surface area contributed by atoms with Crippen molar-refractivity contribution in [3.8, 4) is 0 Å². The van der Waals surface area contributed by atoms with E-state index in [0.29, 0.717) is 0 Å². The average molecular weight is 204 g/mol. The third-order valence-corrected chi connectivity index (χ3v) is 2.75. The molecule has 2 nitrogen and oxygen atoms in total. The number of para-hydroxylation sites is 1. The van der Waals surface area contributed by atoms with Crippen LogP contribution in [0.4, 0.5) is 0 Å². The number of rotatable bonds is 0. The van der Waals surface area contributed by atoms with Gasteiger partial charge in [0.2, 0.25) is 0 Å². The van der Waals surface area contributed by atoms with Crippen LogP contribution in [0.15, 0.2) is 36.5 Å². The second kappa shape index (κ2) is 3.42. The quantitative estimate of drug-likeness (QED) is 0.609. The number of fused-ring (bicyclic) bond motifs is 1. The average Bonchev–Trinajstić information content (AvgIpc) is 2.60. The SMILES string of the molecule is CN(C)C(=S)n1ccc2ccccc21. The van der Waals surface area contributed by atoms with Crippen molar-refractivity contribution in [2.45, 2.75) is 0 Å². The lowest BCUT2D eigenvalue weighted by atomic mass is 10.2. The van der Waals surface area contributed by atoms with Crippen molar-refractivity contribution in [1.29, 1.82) is 0 Å². The number of aromatic nitrogens is 1. The van der Waals surface area contributed by atoms with E-state index < -0.39 is 0 Å². The standard InChI is InChI=1S/C11H12N2S/c1-12(2)11(14)13-8-7-9-5-3-4-6-10(9)13/h3-8H,1-2H3. The minimum absolute atomic E-state index is 0.811. The monoisotopic (exact) mass is 204 g/mol. The fraction of sp³-hybridized carbons (Fsp3) is 0.182. The summed E-state index contributed by atoms with van der Waals surface area (Å²) in [5.41, 5.74) is 1.16. The molecule has 14 heavy (non-hydrogen) atoms. The Labute approximate surface area is 88.7 Å². The molecule has 1 heterocycles. The Morgan fingerprint density at radius 2 is 1.93 bits per heavy atom. The lowest BCUT2D eigenvalue weighted by Crippen LogP contribution is -2.26. The van der Waals surface area contributed by atoms with Gasteiger partial charge in [-0.1, -0.05) is 18.2 Å². The molecular formula is C11H12N2S. The second-order valence-corrected chi connectivity index (χ2v) is 3.79. The lowest BCUT2D eigenvalue weighted by Gasteiger charge is -2.15. The maximum atomic E-state index is 5.31. The van der Waals surface area contributed by atoms with E-state index in [-0.39, 0.29) is 0 Å². The van der Waals surface area contributed by atoms with Crippen LogP contribution in [0.1, 0.15) is 0 Å². The molecule has 0 saturated heterocycles. The molecule has 72 valence electrons. The van der Waals surface area contributed by atoms with E-state index in [9.17, 15) is 0 Å². The van der Waals surface area contributed by atoms with Crippen LogP contribution in [0.25, 0.3) is 10.9 Å². The van der Waals surface area contributed by atoms with Crippen molar-refractivity contribution in [2.75, 3.05) is 14.1 Å². The van der Waals surface area contributed by atoms with Gasteiger partial charge in [-0.15, -0.1) is 0 Å². The molecule has 0 N–H and O–H groups in total. The van der Waals surface area contributed by atoms with Crippen molar-refractivity contribution in [3.63, 3.8) is 0 Å². The van der Waals surface area contributed by atoms with Crippen molar-refractivity contribution in [1.82, 2.24) is 9.47 Å². The first-order valence-corrected chi connectivity index (χ1v) is 4.89. The summed E-state index contributed by atoms with van der Waals surface area (Å²) in [5.74, 6) is 0. The van der Waals surface area contributed by atoms with Gasteiger partial charge in [-0.05, 0) is 24.4 Å². The summed E-state index contributed by atoms with van der Waals surface area (Å²) in [5, 5.41) is 2.03. The molecule has 3 heteroatoms. The van der Waals surface area contributed by atoms with Gasteiger partial charge in [-0.3, -0.25) is 4.57 Å². The molecule has 0 bridgehead atoms. The Kier molecular flexibility index (Phi) is 2.25. The summed E-state index contributed by atoms with van der Waals surface area (Å²) in [7, 11) is 3.91. The smallest absolute Gasteiger partial charge is 0.179 e. The van der Waals surface area contributed by atoms with Crippen LogP contribution in [-0.4, -0.2) is 28.7 Å². The molecule has 0 atom stereocenters. The van der Waals surface area contributed by atoms with Gasteiger partial charge in [0.25, 0.3) is 0 Å². The fourth-order valence-corrected chi connectivity index (χ4v) is 1.62. The molecule has 2 aromatic rings. The second-order valence-electron chi connectivity index (χ2n) is 3.42. The van der Waals surface area contributed by atoms with Gasteiger partial charge in [0.15, 0.2) is 5.11 Å². The predicted molar refractivity (Wildman–Crippen MR) is 63.6 cm³/mol. The number of benzene rings is 1. The van der Waals surface area contributed by atoms with E-state index in [4.69, 9.17) is 12.2 Å². The molecule has 0 aliphatic heterocycles. The van der Waals surface area contributed by atoms with Gasteiger partial charge in [0, 0.05) is 25.7 Å². The van der Waals surface area contributed by atoms with Crippen LogP contribution in [0.5, 0.6) is 0 Å². The normalized spacial score (nSPS) is 10.4. The Morgan fingerprint density at radius 3 is 2.64 bits per heavy atom. The molecule has 0 spiro atoms. The molecule has 0 amide bonds. The summed E-state index contributed by atoms with van der Waals surface area (Å²) in [6, 6.07) is 10.3. The Balaban J connectivity index is 2.58. The number of nitrogens with zero attached hydrogens (tertiary/aromatic N) is 2. The Hall–Kier alpha value is -1.35. The molecule has 0 unspecified atom stereocenters. The third-order valence-electron chi connectivity index (χ3n) is 2.19. The topological polar surface area (TPSA) is 8.17 Å². The molecule has 1 aromatic heterocycles. The summed E-state index contributed by atoms with van der Waals surface area (Å²) in [4.78, 5) is 1.93. The van der Waals surface area contributed by atoms with Gasteiger partial charge >= 0.3 is 0 Å². The molecule has 2 rings (SSSR count). The van der Waals surface area contributed by atoms with Gasteiger partial charge in [-0.2, -0.15) is 0 Å². The summed E-state index contributed by atoms with van der Waals surface area (Å²) in [6.45, 7) is 0. The van der Waals surface area contributed by atoms with E-state index in [1.165, 1.54) is 5.39 Å². The first kappa shape index (κ1) is 9.21. The Morgan fingerprint density at radius 1 is 1.21 bits per heavy atom. The zero-order chi connectivity index (χ0) is 10.1. The number of thiocarbonyl (C=S) groups is 1. The van der Waals surface area contributed by atoms with E-state index in [1.807, 2.05) is 41.9 Å². The third kappa shape index (κ3) is 1.40. The summed E-state index contributed by atoms with van der Waals surface area (Å²) in [6.07, 6.45) is 2.01. The van der Waals surface area contributed by atoms with Crippen molar-refractivity contribution >= 4 is 28.2 Å². The number of hydrogen-bond donors (Lipinski definition) is 0. The van der Waals surface area contributed by atoms with Crippen molar-refractivity contribution in [3.05, 3.63) is 36.5 Å². The van der Waals surface area contributed by atoms with Crippen LogP contribution in [0.2, 0.25) is 0 Å². The molecular weight excluding hydrogens is 192 g/mol. The summed E-state index contributed by atoms with van der Waals surface area (Å²) >= 11 is 5.31. The van der Waals surface area contributed by atoms with Crippen LogP contribution in [0.3, 0.4) is 0 Å². The van der Waals surface area contributed by atoms with Gasteiger partial charge < -0.3 is 4.90 Å². The van der Waals surface area contributed by atoms with Crippen LogP contribution in [-0.2, 0) is 0 Å². The van der Waals surface area contributed by atoms with Crippen LogP contribution >= 0.6 is 12.2 Å². The maximum absolute atomic E-state index is 5.31. The minimum atomic E-state index is 0.811. The first-order valence-electron chi connectivity index (χ1n) is 4.48. The van der Waals surface area contributed by atoms with E-state index in [0.717, 1.165) is 10.6 Å². The molecule has 0 fully saturated rings. The van der Waals surface area contributed by atoms with E-state index in [1.54, 1.807) is 0 Å². The predicted octanol–water partition coefficient (Wildman–Crippen LogP) is 2.34. The zero-order valence-corrected chi connectivity index (χ0v) is 9.08. The van der Waals surface area contributed by atoms with Gasteiger partial charge in [-0.25, -0.2) is 0 Å². The first-order chi connectivity index (χ1) is 6.70. The van der Waals surface area contributed by atoms with Crippen molar-refractivity contribution in [2.24, 2.45) is 0 Å². The fourth-order valence-electron chi connectivity index (χ4n) is 1.47. The molecule has 0 radical (unpaired) electrons. The molecule has 0 saturated carbocycles. The van der Waals surface area contributed by atoms with Crippen LogP contribution < -0.4 is 0 Å². The highest BCUT2D eigenvalue weighted by molar-refractivity contribution is 7.80. The van der Waals surface area contributed by atoms with E-state index in [2.05, 4.69) is 18.2 Å². The highest BCUT2D eigenvalue weighted by atomic mass is 32.1. The molecule has 0 aliphatic carbocycles. The molecule has 1 aromatic carbocycles.